The first-order valence-electron chi connectivity index (χ1n) is 9.21. The topological polar surface area (TPSA) is 73.0 Å². The number of hydrogen-bond acceptors (Lipinski definition) is 4. The number of rotatable bonds is 5. The summed E-state index contributed by atoms with van der Waals surface area (Å²) in [6.07, 6.45) is 5.59. The Kier molecular flexibility index (Phi) is 5.55. The average Bonchev–Trinajstić information content (AvgIpc) is 3.13. The van der Waals surface area contributed by atoms with E-state index in [1.54, 1.807) is 0 Å². The lowest BCUT2D eigenvalue weighted by Crippen LogP contribution is -2.30. The number of nitrogens with zero attached hydrogens (tertiary/aromatic N) is 3. The van der Waals surface area contributed by atoms with Crippen molar-refractivity contribution in [3.63, 3.8) is 0 Å². The molecule has 3 rings (SSSR count). The second kappa shape index (κ2) is 7.55. The van der Waals surface area contributed by atoms with Gasteiger partial charge in [0.25, 0.3) is 5.91 Å². The second-order valence-electron chi connectivity index (χ2n) is 8.17. The second-order valence-corrected chi connectivity index (χ2v) is 9.03. The van der Waals surface area contributed by atoms with E-state index in [2.05, 4.69) is 52.3 Å². The number of amides is 1. The van der Waals surface area contributed by atoms with Crippen LogP contribution in [-0.4, -0.2) is 27.4 Å². The molecule has 0 fully saturated rings. The third-order valence-electron chi connectivity index (χ3n) is 5.22. The summed E-state index contributed by atoms with van der Waals surface area (Å²) < 4.78 is 8.32. The van der Waals surface area contributed by atoms with Gasteiger partial charge in [0, 0.05) is 31.3 Å². The van der Waals surface area contributed by atoms with E-state index in [4.69, 9.17) is 4.52 Å². The van der Waals surface area contributed by atoms with Crippen LogP contribution < -0.4 is 5.32 Å². The van der Waals surface area contributed by atoms with Crippen LogP contribution in [0.1, 0.15) is 61.1 Å². The summed E-state index contributed by atoms with van der Waals surface area (Å²) >= 11 is 3.46. The van der Waals surface area contributed by atoms with Crippen molar-refractivity contribution in [3.8, 4) is 0 Å². The van der Waals surface area contributed by atoms with E-state index >= 15 is 0 Å². The molecule has 2 heterocycles. The van der Waals surface area contributed by atoms with Crippen molar-refractivity contribution in [3.05, 3.63) is 33.4 Å². The predicted molar refractivity (Wildman–Crippen MR) is 103 cm³/mol. The van der Waals surface area contributed by atoms with Crippen molar-refractivity contribution < 1.29 is 9.32 Å². The van der Waals surface area contributed by atoms with Gasteiger partial charge in [-0.1, -0.05) is 25.9 Å². The molecule has 142 valence electrons. The van der Waals surface area contributed by atoms with E-state index in [1.165, 1.54) is 0 Å². The highest BCUT2D eigenvalue weighted by molar-refractivity contribution is 9.10. The van der Waals surface area contributed by atoms with E-state index < -0.39 is 0 Å². The fourth-order valence-corrected chi connectivity index (χ4v) is 3.77. The van der Waals surface area contributed by atoms with Gasteiger partial charge in [-0.05, 0) is 53.4 Å². The Hall–Kier alpha value is -1.63. The molecule has 1 aliphatic carbocycles. The first kappa shape index (κ1) is 19.1. The zero-order valence-electron chi connectivity index (χ0n) is 15.9. The molecule has 1 amide bonds. The van der Waals surface area contributed by atoms with Crippen molar-refractivity contribution in [2.24, 2.45) is 11.3 Å². The highest BCUT2D eigenvalue weighted by atomic mass is 79.9. The Balaban J connectivity index is 1.55. The third kappa shape index (κ3) is 4.19. The largest absolute Gasteiger partial charge is 0.360 e. The van der Waals surface area contributed by atoms with E-state index in [-0.39, 0.29) is 11.3 Å². The molecule has 0 aliphatic heterocycles. The molecule has 2 aromatic heterocycles. The highest BCUT2D eigenvalue weighted by Crippen LogP contribution is 2.38. The maximum absolute atomic E-state index is 12.5. The normalized spacial score (nSPS) is 17.2. The van der Waals surface area contributed by atoms with Crippen LogP contribution in [0, 0.1) is 18.3 Å². The van der Waals surface area contributed by atoms with Gasteiger partial charge in [-0.25, -0.2) is 0 Å². The first-order chi connectivity index (χ1) is 12.3. The molecular formula is C19H27BrN4O2. The van der Waals surface area contributed by atoms with Gasteiger partial charge < -0.3 is 9.84 Å². The summed E-state index contributed by atoms with van der Waals surface area (Å²) in [4.78, 5) is 12.5. The molecule has 1 N–H and O–H groups in total. The molecule has 0 saturated heterocycles. The number of carbonyl (C=O) groups is 1. The Morgan fingerprint density at radius 2 is 2.23 bits per heavy atom. The van der Waals surface area contributed by atoms with Crippen molar-refractivity contribution in [1.29, 1.82) is 0 Å². The molecule has 0 spiro atoms. The number of nitrogens with one attached hydrogen (secondary N) is 1. The maximum Gasteiger partial charge on any atom is 0.273 e. The molecule has 1 aliphatic rings. The van der Waals surface area contributed by atoms with Crippen LogP contribution in [0.4, 0.5) is 0 Å². The van der Waals surface area contributed by atoms with E-state index in [0.717, 1.165) is 53.7 Å². The maximum atomic E-state index is 12.5. The summed E-state index contributed by atoms with van der Waals surface area (Å²) in [7, 11) is 0. The summed E-state index contributed by atoms with van der Waals surface area (Å²) in [5.41, 5.74) is 2.65. The fourth-order valence-electron chi connectivity index (χ4n) is 3.46. The minimum absolute atomic E-state index is 0.137. The number of carbonyl (C=O) groups excluding carboxylic acids is 1. The number of halogens is 1. The quantitative estimate of drug-likeness (QED) is 0.741. The van der Waals surface area contributed by atoms with Gasteiger partial charge in [-0.15, -0.1) is 0 Å². The van der Waals surface area contributed by atoms with Crippen molar-refractivity contribution >= 4 is 21.8 Å². The van der Waals surface area contributed by atoms with Crippen LogP contribution in [0.5, 0.6) is 0 Å². The lowest BCUT2D eigenvalue weighted by molar-refractivity contribution is 0.0942. The molecule has 2 aromatic rings. The summed E-state index contributed by atoms with van der Waals surface area (Å²) in [6, 6.07) is 0. The molecule has 1 atom stereocenters. The molecule has 7 heteroatoms. The summed E-state index contributed by atoms with van der Waals surface area (Å²) in [5, 5.41) is 11.4. The van der Waals surface area contributed by atoms with Crippen molar-refractivity contribution in [2.75, 3.05) is 6.54 Å². The zero-order chi connectivity index (χ0) is 18.9. The molecule has 0 saturated carbocycles. The van der Waals surface area contributed by atoms with Gasteiger partial charge in [0.15, 0.2) is 5.69 Å². The highest BCUT2D eigenvalue weighted by Gasteiger charge is 2.34. The first-order valence-corrected chi connectivity index (χ1v) is 10.00. The molecule has 0 radical (unpaired) electrons. The molecule has 6 nitrogen and oxygen atoms in total. The van der Waals surface area contributed by atoms with Gasteiger partial charge >= 0.3 is 0 Å². The van der Waals surface area contributed by atoms with E-state index in [0.29, 0.717) is 18.2 Å². The van der Waals surface area contributed by atoms with Crippen LogP contribution in [0.25, 0.3) is 0 Å². The number of hydrogen-bond donors (Lipinski definition) is 1. The van der Waals surface area contributed by atoms with Gasteiger partial charge in [0.2, 0.25) is 0 Å². The Morgan fingerprint density at radius 1 is 1.46 bits per heavy atom. The Bertz CT molecular complexity index is 769. The van der Waals surface area contributed by atoms with E-state index in [9.17, 15) is 4.79 Å². The van der Waals surface area contributed by atoms with Crippen LogP contribution in [0.3, 0.4) is 0 Å². The lowest BCUT2D eigenvalue weighted by Gasteiger charge is -2.33. The van der Waals surface area contributed by atoms with Gasteiger partial charge in [-0.3, -0.25) is 9.48 Å². The zero-order valence-corrected chi connectivity index (χ0v) is 17.5. The fraction of sp³-hybridized carbons (Fsp3) is 0.632. The SMILES string of the molecule is Cc1nn(CCCNC(=O)c2noc3c2CC(C(C)(C)C)CC3)cc1Br. The monoisotopic (exact) mass is 422 g/mol. The predicted octanol–water partition coefficient (Wildman–Crippen LogP) is 3.91. The number of aromatic nitrogens is 3. The molecule has 0 aromatic carbocycles. The van der Waals surface area contributed by atoms with Gasteiger partial charge in [0.1, 0.15) is 5.76 Å². The standard InChI is InChI=1S/C19H27BrN4O2/c1-12-15(20)11-24(22-12)9-5-8-21-18(25)17-14-10-13(19(2,3)4)6-7-16(14)26-23-17/h11,13H,5-10H2,1-4H3,(H,21,25). The molecular weight excluding hydrogens is 396 g/mol. The average molecular weight is 423 g/mol. The Morgan fingerprint density at radius 3 is 2.88 bits per heavy atom. The Labute approximate surface area is 162 Å². The minimum atomic E-state index is -0.137. The van der Waals surface area contributed by atoms with Crippen molar-refractivity contribution in [2.45, 2.75) is 59.9 Å². The number of fused-ring (bicyclic) bond motifs is 1. The van der Waals surface area contributed by atoms with Crippen LogP contribution in [0.15, 0.2) is 15.2 Å². The summed E-state index contributed by atoms with van der Waals surface area (Å²) in [6.45, 7) is 10.1. The van der Waals surface area contributed by atoms with Gasteiger partial charge in [-0.2, -0.15) is 5.10 Å². The van der Waals surface area contributed by atoms with Crippen LogP contribution in [0.2, 0.25) is 0 Å². The van der Waals surface area contributed by atoms with Crippen LogP contribution in [-0.2, 0) is 19.4 Å². The van der Waals surface area contributed by atoms with Crippen molar-refractivity contribution in [1.82, 2.24) is 20.3 Å². The lowest BCUT2D eigenvalue weighted by atomic mass is 9.71. The molecule has 0 bridgehead atoms. The molecule has 1 unspecified atom stereocenters. The third-order valence-corrected chi connectivity index (χ3v) is 5.99. The smallest absolute Gasteiger partial charge is 0.273 e. The van der Waals surface area contributed by atoms with Crippen LogP contribution >= 0.6 is 15.9 Å². The van der Waals surface area contributed by atoms with E-state index in [1.807, 2.05) is 17.8 Å². The number of aryl methyl sites for hydroxylation is 3. The minimum Gasteiger partial charge on any atom is -0.360 e. The van der Waals surface area contributed by atoms with Gasteiger partial charge in [0.05, 0.1) is 10.2 Å². The molecule has 26 heavy (non-hydrogen) atoms. The summed E-state index contributed by atoms with van der Waals surface area (Å²) in [5.74, 6) is 1.29.